The number of aryl methyl sites for hydroxylation is 1. The van der Waals surface area contributed by atoms with Crippen LogP contribution in [0.3, 0.4) is 0 Å². The van der Waals surface area contributed by atoms with Gasteiger partial charge in [-0.3, -0.25) is 14.5 Å². The van der Waals surface area contributed by atoms with Gasteiger partial charge in [0, 0.05) is 22.7 Å². The van der Waals surface area contributed by atoms with Gasteiger partial charge in [0.2, 0.25) is 5.91 Å². The highest BCUT2D eigenvalue weighted by atomic mass is 32.1. The SMILES string of the molecule is Cc1scc2c1N(C(=O)CCCCCC1CCCCCN1)c1ccccc1NC2=O. The molecule has 3 heterocycles. The van der Waals surface area contributed by atoms with Gasteiger partial charge in [0.25, 0.3) is 5.91 Å². The number of hydrogen-bond acceptors (Lipinski definition) is 4. The minimum absolute atomic E-state index is 0.0642. The molecule has 1 atom stereocenters. The molecule has 1 fully saturated rings. The summed E-state index contributed by atoms with van der Waals surface area (Å²) in [7, 11) is 0. The first kappa shape index (κ1) is 21.1. The number of nitrogens with one attached hydrogen (secondary N) is 2. The second-order valence-corrected chi connectivity index (χ2v) is 9.44. The third kappa shape index (κ3) is 4.60. The van der Waals surface area contributed by atoms with E-state index in [1.807, 2.05) is 36.6 Å². The summed E-state index contributed by atoms with van der Waals surface area (Å²) >= 11 is 1.52. The van der Waals surface area contributed by atoms with Crippen LogP contribution in [-0.4, -0.2) is 24.4 Å². The summed E-state index contributed by atoms with van der Waals surface area (Å²) in [5.74, 6) is -0.0812. The minimum atomic E-state index is -0.145. The van der Waals surface area contributed by atoms with Crippen LogP contribution in [-0.2, 0) is 4.79 Å². The van der Waals surface area contributed by atoms with Crippen molar-refractivity contribution in [3.63, 3.8) is 0 Å². The molecular weight excluding hydrogens is 394 g/mol. The molecular formula is C24H31N3O2S. The number of rotatable bonds is 6. The number of carbonyl (C=O) groups is 2. The molecule has 2 amide bonds. The zero-order chi connectivity index (χ0) is 20.9. The summed E-state index contributed by atoms with van der Waals surface area (Å²) in [5, 5.41) is 8.47. The number of nitrogens with zero attached hydrogens (tertiary/aromatic N) is 1. The lowest BCUT2D eigenvalue weighted by molar-refractivity contribution is -0.118. The molecule has 0 aliphatic carbocycles. The highest BCUT2D eigenvalue weighted by Crippen LogP contribution is 2.42. The maximum atomic E-state index is 13.3. The topological polar surface area (TPSA) is 61.4 Å². The first-order valence-corrected chi connectivity index (χ1v) is 12.1. The Hall–Kier alpha value is -2.18. The number of benzene rings is 1. The summed E-state index contributed by atoms with van der Waals surface area (Å²) in [6.45, 7) is 3.12. The molecule has 2 aliphatic heterocycles. The van der Waals surface area contributed by atoms with Gasteiger partial charge in [-0.2, -0.15) is 0 Å². The van der Waals surface area contributed by atoms with Crippen molar-refractivity contribution in [3.05, 3.63) is 40.1 Å². The van der Waals surface area contributed by atoms with Gasteiger partial charge in [-0.1, -0.05) is 37.8 Å². The lowest BCUT2D eigenvalue weighted by Crippen LogP contribution is -2.28. The third-order valence-electron chi connectivity index (χ3n) is 6.16. The van der Waals surface area contributed by atoms with Crippen LogP contribution < -0.4 is 15.5 Å². The van der Waals surface area contributed by atoms with Crippen LogP contribution in [0.1, 0.15) is 73.0 Å². The fourth-order valence-electron chi connectivity index (χ4n) is 4.53. The van der Waals surface area contributed by atoms with Crippen LogP contribution >= 0.6 is 11.3 Å². The summed E-state index contributed by atoms with van der Waals surface area (Å²) < 4.78 is 0. The van der Waals surface area contributed by atoms with E-state index in [1.54, 1.807) is 4.90 Å². The van der Waals surface area contributed by atoms with Crippen molar-refractivity contribution in [2.75, 3.05) is 16.8 Å². The number of hydrogen-bond donors (Lipinski definition) is 2. The first-order valence-electron chi connectivity index (χ1n) is 11.2. The predicted molar refractivity (Wildman–Crippen MR) is 124 cm³/mol. The minimum Gasteiger partial charge on any atom is -0.320 e. The van der Waals surface area contributed by atoms with Crippen LogP contribution in [0.15, 0.2) is 29.6 Å². The van der Waals surface area contributed by atoms with E-state index in [9.17, 15) is 9.59 Å². The van der Waals surface area contributed by atoms with Crippen molar-refractivity contribution in [2.45, 2.75) is 70.8 Å². The van der Waals surface area contributed by atoms with Crippen LogP contribution in [0.5, 0.6) is 0 Å². The number of fused-ring (bicyclic) bond motifs is 2. The zero-order valence-corrected chi connectivity index (χ0v) is 18.5. The number of thiophene rings is 1. The predicted octanol–water partition coefficient (Wildman–Crippen LogP) is 5.77. The molecule has 2 N–H and O–H groups in total. The molecule has 0 bridgehead atoms. The number of amides is 2. The number of carbonyl (C=O) groups excluding carboxylic acids is 2. The van der Waals surface area contributed by atoms with E-state index in [0.717, 1.165) is 42.1 Å². The molecule has 0 spiro atoms. The van der Waals surface area contributed by atoms with Crippen LogP contribution in [0.2, 0.25) is 0 Å². The van der Waals surface area contributed by atoms with Crippen LogP contribution in [0.4, 0.5) is 17.1 Å². The Morgan fingerprint density at radius 1 is 1.17 bits per heavy atom. The normalized spacial score (nSPS) is 18.8. The second-order valence-electron chi connectivity index (χ2n) is 8.35. The van der Waals surface area contributed by atoms with Gasteiger partial charge < -0.3 is 10.6 Å². The Labute approximate surface area is 182 Å². The monoisotopic (exact) mass is 425 g/mol. The summed E-state index contributed by atoms with van der Waals surface area (Å²) in [6, 6.07) is 8.22. The average Bonchev–Trinajstić information content (AvgIpc) is 2.91. The van der Waals surface area contributed by atoms with Crippen molar-refractivity contribution >= 4 is 40.2 Å². The summed E-state index contributed by atoms with van der Waals surface area (Å²) in [6.07, 6.45) is 10.0. The molecule has 6 heteroatoms. The lowest BCUT2D eigenvalue weighted by Gasteiger charge is -2.24. The van der Waals surface area contributed by atoms with Gasteiger partial charge in [-0.05, 0) is 51.3 Å². The molecule has 4 rings (SSSR count). The standard InChI is InChI=1S/C24H31N3O2S/c1-17-23-19(16-30-17)24(29)26-20-12-7-8-13-21(20)27(23)22(28)14-6-2-4-10-18-11-5-3-9-15-25-18/h7-8,12-13,16,18,25H,2-6,9-11,14-15H2,1H3,(H,26,29). The maximum Gasteiger partial charge on any atom is 0.258 e. The van der Waals surface area contributed by atoms with Gasteiger partial charge in [-0.15, -0.1) is 11.3 Å². The summed E-state index contributed by atoms with van der Waals surface area (Å²) in [5.41, 5.74) is 2.78. The van der Waals surface area contributed by atoms with Gasteiger partial charge >= 0.3 is 0 Å². The molecule has 1 saturated heterocycles. The van der Waals surface area contributed by atoms with Crippen LogP contribution in [0.25, 0.3) is 0 Å². The van der Waals surface area contributed by atoms with Gasteiger partial charge in [0.1, 0.15) is 0 Å². The highest BCUT2D eigenvalue weighted by Gasteiger charge is 2.31. The van der Waals surface area contributed by atoms with E-state index in [-0.39, 0.29) is 11.8 Å². The average molecular weight is 426 g/mol. The van der Waals surface area contributed by atoms with Crippen LogP contribution in [0, 0.1) is 6.92 Å². The Bertz CT molecular complexity index is 900. The number of unbranched alkanes of at least 4 members (excludes halogenated alkanes) is 2. The fraction of sp³-hybridized carbons (Fsp3) is 0.500. The Kier molecular flexibility index (Phi) is 6.85. The molecule has 2 aromatic rings. The molecule has 5 nitrogen and oxygen atoms in total. The van der Waals surface area contributed by atoms with E-state index in [1.165, 1.54) is 43.4 Å². The van der Waals surface area contributed by atoms with Crippen molar-refractivity contribution in [1.29, 1.82) is 0 Å². The Morgan fingerprint density at radius 3 is 2.93 bits per heavy atom. The Balaban J connectivity index is 1.41. The largest absolute Gasteiger partial charge is 0.320 e. The molecule has 1 aromatic carbocycles. The van der Waals surface area contributed by atoms with E-state index in [0.29, 0.717) is 23.7 Å². The first-order chi connectivity index (χ1) is 14.6. The van der Waals surface area contributed by atoms with E-state index < -0.39 is 0 Å². The fourth-order valence-corrected chi connectivity index (χ4v) is 5.36. The second kappa shape index (κ2) is 9.75. The Morgan fingerprint density at radius 2 is 2.03 bits per heavy atom. The number of anilines is 3. The maximum absolute atomic E-state index is 13.3. The molecule has 1 aromatic heterocycles. The molecule has 30 heavy (non-hydrogen) atoms. The van der Waals surface area contributed by atoms with E-state index in [2.05, 4.69) is 10.6 Å². The van der Waals surface area contributed by atoms with Crippen molar-refractivity contribution in [1.82, 2.24) is 5.32 Å². The molecule has 160 valence electrons. The highest BCUT2D eigenvalue weighted by molar-refractivity contribution is 7.11. The van der Waals surface area contributed by atoms with Gasteiger partial charge in [-0.25, -0.2) is 0 Å². The summed E-state index contributed by atoms with van der Waals surface area (Å²) in [4.78, 5) is 28.8. The van der Waals surface area contributed by atoms with Gasteiger partial charge in [0.15, 0.2) is 0 Å². The molecule has 2 aliphatic rings. The lowest BCUT2D eigenvalue weighted by atomic mass is 10.0. The molecule has 0 saturated carbocycles. The molecule has 1 unspecified atom stereocenters. The van der Waals surface area contributed by atoms with E-state index in [4.69, 9.17) is 0 Å². The van der Waals surface area contributed by atoms with Gasteiger partial charge in [0.05, 0.1) is 22.6 Å². The third-order valence-corrected chi connectivity index (χ3v) is 7.06. The quantitative estimate of drug-likeness (QED) is 0.578. The van der Waals surface area contributed by atoms with E-state index >= 15 is 0 Å². The smallest absolute Gasteiger partial charge is 0.258 e. The van der Waals surface area contributed by atoms with Crippen molar-refractivity contribution < 1.29 is 9.59 Å². The zero-order valence-electron chi connectivity index (χ0n) is 17.7. The van der Waals surface area contributed by atoms with Crippen molar-refractivity contribution in [2.24, 2.45) is 0 Å². The molecule has 0 radical (unpaired) electrons. The van der Waals surface area contributed by atoms with Crippen molar-refractivity contribution in [3.8, 4) is 0 Å². The number of para-hydroxylation sites is 2.